The van der Waals surface area contributed by atoms with E-state index in [9.17, 15) is 41.9 Å². The van der Waals surface area contributed by atoms with Crippen LogP contribution in [0.3, 0.4) is 0 Å². The van der Waals surface area contributed by atoms with E-state index in [1.165, 1.54) is 11.0 Å². The Balaban J connectivity index is 2.43. The first kappa shape index (κ1) is 40.5. The maximum atomic E-state index is 14.3. The molecule has 0 radical (unpaired) electrons. The van der Waals surface area contributed by atoms with Gasteiger partial charge < -0.3 is 31.9 Å². The van der Waals surface area contributed by atoms with E-state index < -0.39 is 101 Å². The quantitative estimate of drug-likeness (QED) is 0.147. The van der Waals surface area contributed by atoms with Crippen LogP contribution in [0.4, 0.5) is 18.0 Å². The molecule has 0 spiro atoms. The zero-order valence-corrected chi connectivity index (χ0v) is 29.5. The molecule has 2 fully saturated rings. The lowest BCUT2D eigenvalue weighted by Crippen LogP contribution is -2.63. The number of fused-ring (bicyclic) bond motifs is 1. The summed E-state index contributed by atoms with van der Waals surface area (Å²) in [7, 11) is 0. The van der Waals surface area contributed by atoms with Crippen molar-refractivity contribution in [1.82, 2.24) is 26.2 Å². The highest BCUT2D eigenvalue weighted by atomic mass is 19.4. The maximum Gasteiger partial charge on any atom is 0.389 e. The van der Waals surface area contributed by atoms with Gasteiger partial charge in [0.1, 0.15) is 18.1 Å². The minimum Gasteiger partial charge on any atom is -0.368 e. The van der Waals surface area contributed by atoms with E-state index in [4.69, 9.17) is 5.73 Å². The molecule has 2 rings (SSSR count). The number of nitrogens with one attached hydrogen (secondary N) is 4. The summed E-state index contributed by atoms with van der Waals surface area (Å²) >= 11 is 0. The number of rotatable bonds is 13. The van der Waals surface area contributed by atoms with E-state index in [1.807, 2.05) is 34.6 Å². The standard InChI is InChI=1S/C33H53F3N6O6/c1-11-14-38-27(46)23(43)19(12-13-33(34,35)36)39-26(45)22-20-18(15-32(20,9)10)16-42(22)28(47)24(31(6,7)8)41-29(48)40-21(25(37)44)17(2)30(3,4)5/h11,17-22,24H,1,12-16H2,2-10H3,(H2,37,44)(H,38,46)(H,39,45)(H2,40,41,48)/t17?,18-,19?,20-,21-,22-,24+/m0/s1. The van der Waals surface area contributed by atoms with Gasteiger partial charge in [-0.25, -0.2) is 4.79 Å². The Labute approximate surface area is 280 Å². The van der Waals surface area contributed by atoms with Gasteiger partial charge in [-0.1, -0.05) is 68.4 Å². The number of halogens is 3. The number of primary amides is 1. The normalized spacial score (nSPS) is 22.9. The van der Waals surface area contributed by atoms with Crippen LogP contribution >= 0.6 is 0 Å². The van der Waals surface area contributed by atoms with E-state index in [0.717, 1.165) is 0 Å². The van der Waals surface area contributed by atoms with Crippen molar-refractivity contribution in [3.8, 4) is 0 Å². The summed E-state index contributed by atoms with van der Waals surface area (Å²) in [5, 5.41) is 9.84. The predicted octanol–water partition coefficient (Wildman–Crippen LogP) is 2.81. The molecule has 0 aromatic rings. The fourth-order valence-corrected chi connectivity index (χ4v) is 6.69. The Morgan fingerprint density at radius 2 is 1.56 bits per heavy atom. The highest BCUT2D eigenvalue weighted by Crippen LogP contribution is 2.57. The number of carbonyl (C=O) groups is 6. The van der Waals surface area contributed by atoms with Gasteiger partial charge in [0.05, 0.1) is 6.04 Å². The fraction of sp³-hybridized carbons (Fsp3) is 0.758. The summed E-state index contributed by atoms with van der Waals surface area (Å²) in [6.45, 7) is 19.8. The number of alkyl halides is 3. The lowest BCUT2D eigenvalue weighted by Gasteiger charge is -2.49. The largest absolute Gasteiger partial charge is 0.389 e. The van der Waals surface area contributed by atoms with E-state index in [1.54, 1.807) is 27.7 Å². The minimum absolute atomic E-state index is 0.114. The van der Waals surface area contributed by atoms with Crippen molar-refractivity contribution in [3.05, 3.63) is 12.7 Å². The highest BCUT2D eigenvalue weighted by molar-refractivity contribution is 6.38. The van der Waals surface area contributed by atoms with Gasteiger partial charge in [-0.05, 0) is 46.8 Å². The Morgan fingerprint density at radius 1 is 0.979 bits per heavy atom. The topological polar surface area (TPSA) is 180 Å². The zero-order chi connectivity index (χ0) is 37.2. The Morgan fingerprint density at radius 3 is 2.02 bits per heavy atom. The molecule has 2 unspecified atom stereocenters. The van der Waals surface area contributed by atoms with E-state index in [2.05, 4.69) is 27.8 Å². The lowest BCUT2D eigenvalue weighted by molar-refractivity contribution is -0.148. The van der Waals surface area contributed by atoms with Gasteiger partial charge in [0.25, 0.3) is 5.91 Å². The van der Waals surface area contributed by atoms with E-state index >= 15 is 0 Å². The van der Waals surface area contributed by atoms with Gasteiger partial charge in [-0.15, -0.1) is 6.58 Å². The van der Waals surface area contributed by atoms with Crippen molar-refractivity contribution in [2.24, 2.45) is 39.7 Å². The van der Waals surface area contributed by atoms with Gasteiger partial charge in [0, 0.05) is 19.5 Å². The molecule has 6 N–H and O–H groups in total. The monoisotopic (exact) mass is 686 g/mol. The molecule has 1 aliphatic carbocycles. The van der Waals surface area contributed by atoms with Crippen molar-refractivity contribution in [3.63, 3.8) is 0 Å². The van der Waals surface area contributed by atoms with Gasteiger partial charge >= 0.3 is 12.2 Å². The molecule has 272 valence electrons. The molecule has 0 aromatic carbocycles. The number of hydrogen-bond acceptors (Lipinski definition) is 6. The van der Waals surface area contributed by atoms with Crippen LogP contribution in [0.5, 0.6) is 0 Å². The van der Waals surface area contributed by atoms with E-state index in [-0.39, 0.29) is 24.9 Å². The fourth-order valence-electron chi connectivity index (χ4n) is 6.69. The third-order valence-electron chi connectivity index (χ3n) is 9.69. The maximum absolute atomic E-state index is 14.3. The van der Waals surface area contributed by atoms with Crippen molar-refractivity contribution >= 4 is 35.4 Å². The van der Waals surface area contributed by atoms with Crippen LogP contribution in [0.15, 0.2) is 12.7 Å². The molecule has 1 saturated carbocycles. The van der Waals surface area contributed by atoms with Gasteiger partial charge in [0.15, 0.2) is 0 Å². The summed E-state index contributed by atoms with van der Waals surface area (Å²) in [5.74, 6) is -5.59. The summed E-state index contributed by atoms with van der Waals surface area (Å²) in [6, 6.07) is -6.09. The van der Waals surface area contributed by atoms with Crippen molar-refractivity contribution in [2.45, 2.75) is 112 Å². The van der Waals surface area contributed by atoms with Gasteiger partial charge in [0.2, 0.25) is 23.5 Å². The first-order valence-corrected chi connectivity index (χ1v) is 16.2. The Kier molecular flexibility index (Phi) is 12.5. The first-order chi connectivity index (χ1) is 21.7. The molecule has 6 amide bonds. The average Bonchev–Trinajstić information content (AvgIpc) is 3.27. The molecule has 12 nitrogen and oxygen atoms in total. The number of nitrogens with zero attached hydrogens (tertiary/aromatic N) is 1. The number of likely N-dealkylation sites (tertiary alicyclic amines) is 1. The lowest BCUT2D eigenvalue weighted by atomic mass is 9.55. The number of Topliss-reactive ketones (excluding diaryl/α,β-unsaturated/α-hetero) is 1. The van der Waals surface area contributed by atoms with Crippen LogP contribution in [-0.2, 0) is 24.0 Å². The second kappa shape index (κ2) is 14.9. The number of hydrogen-bond donors (Lipinski definition) is 5. The summed E-state index contributed by atoms with van der Waals surface area (Å²) in [6.07, 6.45) is -5.04. The molecule has 2 aliphatic rings. The number of urea groups is 1. The second-order valence-electron chi connectivity index (χ2n) is 15.9. The average molecular weight is 687 g/mol. The van der Waals surface area contributed by atoms with Crippen LogP contribution in [0.1, 0.15) is 81.6 Å². The third-order valence-corrected chi connectivity index (χ3v) is 9.69. The number of carbonyl (C=O) groups excluding carboxylic acids is 6. The zero-order valence-electron chi connectivity index (χ0n) is 29.5. The minimum atomic E-state index is -4.67. The SMILES string of the molecule is C=CCNC(=O)C(=O)C(CCC(F)(F)F)NC(=O)[C@@H]1[C@@H]2[C@H](CN1C(=O)[C@@H](NC(=O)N[C@H](C(N)=O)C(C)C(C)(C)C)C(C)(C)C)CC2(C)C. The summed E-state index contributed by atoms with van der Waals surface area (Å²) in [5.41, 5.74) is 3.86. The molecule has 1 aliphatic heterocycles. The van der Waals surface area contributed by atoms with Crippen LogP contribution in [0, 0.1) is 34.0 Å². The number of nitrogens with two attached hydrogens (primary N) is 1. The van der Waals surface area contributed by atoms with Gasteiger partial charge in [-0.3, -0.25) is 24.0 Å². The van der Waals surface area contributed by atoms with Crippen LogP contribution in [0.25, 0.3) is 0 Å². The molecule has 0 aromatic heterocycles. The molecule has 1 heterocycles. The molecule has 48 heavy (non-hydrogen) atoms. The highest BCUT2D eigenvalue weighted by Gasteiger charge is 2.61. The van der Waals surface area contributed by atoms with Crippen molar-refractivity contribution < 1.29 is 41.9 Å². The Bertz CT molecular complexity index is 1270. The molecular weight excluding hydrogens is 633 g/mol. The molecule has 1 saturated heterocycles. The van der Waals surface area contributed by atoms with Gasteiger partial charge in [-0.2, -0.15) is 13.2 Å². The summed E-state index contributed by atoms with van der Waals surface area (Å²) in [4.78, 5) is 80.5. The second-order valence-corrected chi connectivity index (χ2v) is 15.9. The number of amides is 6. The van der Waals surface area contributed by atoms with E-state index in [0.29, 0.717) is 6.42 Å². The predicted molar refractivity (Wildman–Crippen MR) is 173 cm³/mol. The molecular formula is C33H53F3N6O6. The number of ketones is 1. The van der Waals surface area contributed by atoms with Crippen molar-refractivity contribution in [2.75, 3.05) is 13.1 Å². The first-order valence-electron chi connectivity index (χ1n) is 16.2. The van der Waals surface area contributed by atoms with Crippen LogP contribution in [-0.4, -0.2) is 83.8 Å². The third kappa shape index (κ3) is 9.94. The smallest absolute Gasteiger partial charge is 0.368 e. The summed E-state index contributed by atoms with van der Waals surface area (Å²) < 4.78 is 39.6. The molecule has 15 heteroatoms. The Hall–Kier alpha value is -3.65. The van der Waals surface area contributed by atoms with Crippen molar-refractivity contribution in [1.29, 1.82) is 0 Å². The van der Waals surface area contributed by atoms with Crippen LogP contribution < -0.4 is 27.0 Å². The molecule has 7 atom stereocenters. The van der Waals surface area contributed by atoms with Crippen LogP contribution in [0.2, 0.25) is 0 Å². The molecule has 0 bridgehead atoms.